The van der Waals surface area contributed by atoms with Gasteiger partial charge in [-0.2, -0.15) is 0 Å². The zero-order valence-corrected chi connectivity index (χ0v) is 11.1. The van der Waals surface area contributed by atoms with E-state index in [1.54, 1.807) is 5.57 Å². The molecule has 0 aromatic heterocycles. The van der Waals surface area contributed by atoms with Gasteiger partial charge < -0.3 is 4.90 Å². The molecule has 88 valence electrons. The molecule has 1 unspecified atom stereocenters. The molecule has 1 aliphatic heterocycles. The highest BCUT2D eigenvalue weighted by Gasteiger charge is 2.26. The number of rotatable bonds is 3. The summed E-state index contributed by atoms with van der Waals surface area (Å²) in [7, 11) is 4.37. The molecule has 0 saturated carbocycles. The largest absolute Gasteiger partial charge is 0.301 e. The Morgan fingerprint density at radius 2 is 1.87 bits per heavy atom. The van der Waals surface area contributed by atoms with Crippen molar-refractivity contribution in [2.75, 3.05) is 27.2 Å². The van der Waals surface area contributed by atoms with Crippen molar-refractivity contribution in [3.8, 4) is 0 Å². The van der Waals surface area contributed by atoms with Crippen LogP contribution in [0.25, 0.3) is 0 Å². The highest BCUT2D eigenvalue weighted by molar-refractivity contribution is 5.18. The normalized spacial score (nSPS) is 24.1. The molecule has 0 saturated heterocycles. The Kier molecular flexibility index (Phi) is 4.35. The van der Waals surface area contributed by atoms with Crippen LogP contribution in [0.5, 0.6) is 0 Å². The van der Waals surface area contributed by atoms with Gasteiger partial charge >= 0.3 is 0 Å². The lowest BCUT2D eigenvalue weighted by molar-refractivity contribution is 0.164. The molecular formula is C13H26N2. The van der Waals surface area contributed by atoms with Crippen molar-refractivity contribution in [2.45, 2.75) is 39.8 Å². The first kappa shape index (κ1) is 12.7. The zero-order valence-electron chi connectivity index (χ0n) is 11.1. The second kappa shape index (κ2) is 5.13. The van der Waals surface area contributed by atoms with Crippen LogP contribution in [-0.2, 0) is 0 Å². The molecule has 0 amide bonds. The van der Waals surface area contributed by atoms with E-state index >= 15 is 0 Å². The predicted molar refractivity (Wildman–Crippen MR) is 67.1 cm³/mol. The van der Waals surface area contributed by atoms with E-state index in [1.807, 2.05) is 0 Å². The van der Waals surface area contributed by atoms with E-state index in [0.29, 0.717) is 18.0 Å². The predicted octanol–water partition coefficient (Wildman–Crippen LogP) is 2.22. The molecule has 1 rings (SSSR count). The van der Waals surface area contributed by atoms with Crippen LogP contribution in [-0.4, -0.2) is 49.1 Å². The van der Waals surface area contributed by atoms with Gasteiger partial charge in [0.1, 0.15) is 0 Å². The van der Waals surface area contributed by atoms with E-state index < -0.39 is 0 Å². The Balaban J connectivity index is 2.80. The van der Waals surface area contributed by atoms with Gasteiger partial charge in [0.2, 0.25) is 0 Å². The number of likely N-dealkylation sites (N-methyl/N-ethyl adjacent to an activating group) is 1. The molecule has 2 nitrogen and oxygen atoms in total. The average molecular weight is 210 g/mol. The average Bonchev–Trinajstić information content (AvgIpc) is 2.16. The van der Waals surface area contributed by atoms with Crippen molar-refractivity contribution in [3.63, 3.8) is 0 Å². The van der Waals surface area contributed by atoms with Gasteiger partial charge in [-0.25, -0.2) is 0 Å². The summed E-state index contributed by atoms with van der Waals surface area (Å²) in [5.74, 6) is 0.673. The molecule has 0 radical (unpaired) electrons. The lowest BCUT2D eigenvalue weighted by Gasteiger charge is -2.39. The molecule has 0 N–H and O–H groups in total. The third-order valence-electron chi connectivity index (χ3n) is 3.37. The zero-order chi connectivity index (χ0) is 11.6. The van der Waals surface area contributed by atoms with Crippen LogP contribution in [0.3, 0.4) is 0 Å². The molecule has 1 atom stereocenters. The summed E-state index contributed by atoms with van der Waals surface area (Å²) >= 11 is 0. The third-order valence-corrected chi connectivity index (χ3v) is 3.37. The quantitative estimate of drug-likeness (QED) is 0.659. The molecule has 1 aliphatic rings. The van der Waals surface area contributed by atoms with Crippen LogP contribution in [0.4, 0.5) is 0 Å². The minimum Gasteiger partial charge on any atom is -0.301 e. The first-order chi connectivity index (χ1) is 6.93. The Morgan fingerprint density at radius 3 is 2.27 bits per heavy atom. The summed E-state index contributed by atoms with van der Waals surface area (Å²) in [5.41, 5.74) is 1.61. The van der Waals surface area contributed by atoms with Gasteiger partial charge in [0.15, 0.2) is 0 Å². The Bertz CT molecular complexity index is 229. The fourth-order valence-corrected chi connectivity index (χ4v) is 2.26. The van der Waals surface area contributed by atoms with Gasteiger partial charge in [-0.15, -0.1) is 0 Å². The SMILES string of the molecule is CC(C)C1=CCN(C(C)C)CC1N(C)C. The Morgan fingerprint density at radius 1 is 1.27 bits per heavy atom. The molecule has 0 aliphatic carbocycles. The Labute approximate surface area is 94.9 Å². The van der Waals surface area contributed by atoms with E-state index in [1.165, 1.54) is 6.54 Å². The van der Waals surface area contributed by atoms with Crippen molar-refractivity contribution in [2.24, 2.45) is 5.92 Å². The maximum Gasteiger partial charge on any atom is 0.0432 e. The number of hydrogen-bond acceptors (Lipinski definition) is 2. The monoisotopic (exact) mass is 210 g/mol. The lowest BCUT2D eigenvalue weighted by atomic mass is 9.91. The van der Waals surface area contributed by atoms with Crippen LogP contribution >= 0.6 is 0 Å². The summed E-state index contributed by atoms with van der Waals surface area (Å²) < 4.78 is 0. The molecule has 0 aromatic carbocycles. The minimum atomic E-state index is 0.598. The van der Waals surface area contributed by atoms with E-state index in [2.05, 4.69) is 57.7 Å². The second-order valence-corrected chi connectivity index (χ2v) is 5.39. The van der Waals surface area contributed by atoms with Crippen molar-refractivity contribution in [1.29, 1.82) is 0 Å². The van der Waals surface area contributed by atoms with Crippen molar-refractivity contribution in [3.05, 3.63) is 11.6 Å². The summed E-state index contributed by atoms with van der Waals surface area (Å²) in [6, 6.07) is 1.25. The number of nitrogens with zero attached hydrogens (tertiary/aromatic N) is 2. The van der Waals surface area contributed by atoms with Crippen LogP contribution in [0.15, 0.2) is 11.6 Å². The summed E-state index contributed by atoms with van der Waals surface area (Å²) in [4.78, 5) is 4.89. The summed E-state index contributed by atoms with van der Waals surface area (Å²) in [5, 5.41) is 0. The first-order valence-corrected chi connectivity index (χ1v) is 6.04. The number of hydrogen-bond donors (Lipinski definition) is 0. The van der Waals surface area contributed by atoms with Crippen LogP contribution in [0, 0.1) is 5.92 Å². The van der Waals surface area contributed by atoms with Crippen LogP contribution < -0.4 is 0 Å². The molecule has 0 bridgehead atoms. The van der Waals surface area contributed by atoms with E-state index in [9.17, 15) is 0 Å². The van der Waals surface area contributed by atoms with E-state index in [4.69, 9.17) is 0 Å². The molecular weight excluding hydrogens is 184 g/mol. The van der Waals surface area contributed by atoms with Gasteiger partial charge in [0.05, 0.1) is 0 Å². The van der Waals surface area contributed by atoms with Gasteiger partial charge in [-0.05, 0) is 33.9 Å². The van der Waals surface area contributed by atoms with Crippen LogP contribution in [0.1, 0.15) is 27.7 Å². The highest BCUT2D eigenvalue weighted by Crippen LogP contribution is 2.23. The highest BCUT2D eigenvalue weighted by atomic mass is 15.2. The van der Waals surface area contributed by atoms with Gasteiger partial charge in [-0.3, -0.25) is 4.90 Å². The third kappa shape index (κ3) is 3.05. The van der Waals surface area contributed by atoms with Crippen molar-refractivity contribution >= 4 is 0 Å². The first-order valence-electron chi connectivity index (χ1n) is 6.04. The summed E-state index contributed by atoms with van der Waals surface area (Å²) in [6.07, 6.45) is 2.43. The minimum absolute atomic E-state index is 0.598. The van der Waals surface area contributed by atoms with Gasteiger partial charge in [0, 0.05) is 25.2 Å². The fraction of sp³-hybridized carbons (Fsp3) is 0.846. The van der Waals surface area contributed by atoms with Crippen molar-refractivity contribution in [1.82, 2.24) is 9.80 Å². The maximum absolute atomic E-state index is 2.54. The Hall–Kier alpha value is -0.340. The lowest BCUT2D eigenvalue weighted by Crippen LogP contribution is -2.48. The van der Waals surface area contributed by atoms with Crippen molar-refractivity contribution < 1.29 is 0 Å². The van der Waals surface area contributed by atoms with Gasteiger partial charge in [-0.1, -0.05) is 25.5 Å². The molecule has 1 heterocycles. The van der Waals surface area contributed by atoms with Crippen LogP contribution in [0.2, 0.25) is 0 Å². The second-order valence-electron chi connectivity index (χ2n) is 5.39. The van der Waals surface area contributed by atoms with Gasteiger partial charge in [0.25, 0.3) is 0 Å². The fourth-order valence-electron chi connectivity index (χ4n) is 2.26. The van der Waals surface area contributed by atoms with E-state index in [-0.39, 0.29) is 0 Å². The molecule has 2 heteroatoms. The molecule has 0 fully saturated rings. The molecule has 15 heavy (non-hydrogen) atoms. The topological polar surface area (TPSA) is 6.48 Å². The summed E-state index contributed by atoms with van der Waals surface area (Å²) in [6.45, 7) is 11.5. The van der Waals surface area contributed by atoms with E-state index in [0.717, 1.165) is 6.54 Å². The maximum atomic E-state index is 2.54. The standard InChI is InChI=1S/C13H26N2/c1-10(2)12-7-8-15(11(3)4)9-13(12)14(5)6/h7,10-11,13H,8-9H2,1-6H3. The smallest absolute Gasteiger partial charge is 0.0432 e. The molecule has 0 spiro atoms. The molecule has 0 aromatic rings.